The summed E-state index contributed by atoms with van der Waals surface area (Å²) < 4.78 is 0. The molecule has 1 aromatic carbocycles. The van der Waals surface area contributed by atoms with E-state index in [0.717, 1.165) is 31.0 Å². The SMILES string of the molecule is C[C@H]1CCCC/C1=N\NC(=O)c1ccc(O)cc1O. The molecule has 1 amide bonds. The lowest BCUT2D eigenvalue weighted by molar-refractivity contribution is 0.0951. The first-order valence-corrected chi connectivity index (χ1v) is 6.46. The van der Waals surface area contributed by atoms with Crippen molar-refractivity contribution in [3.8, 4) is 11.5 Å². The number of hydrogen-bond acceptors (Lipinski definition) is 4. The minimum absolute atomic E-state index is 0.0822. The number of phenols is 2. The summed E-state index contributed by atoms with van der Waals surface area (Å²) in [5, 5.41) is 22.9. The molecule has 1 aliphatic rings. The zero-order valence-corrected chi connectivity index (χ0v) is 10.9. The molecule has 0 spiro atoms. The molecule has 3 N–H and O–H groups in total. The van der Waals surface area contributed by atoms with Gasteiger partial charge in [-0.3, -0.25) is 4.79 Å². The van der Waals surface area contributed by atoms with Crippen LogP contribution in [0.2, 0.25) is 0 Å². The maximum atomic E-state index is 11.9. The third kappa shape index (κ3) is 3.24. The summed E-state index contributed by atoms with van der Waals surface area (Å²) in [6.45, 7) is 2.10. The van der Waals surface area contributed by atoms with Gasteiger partial charge < -0.3 is 10.2 Å². The Labute approximate surface area is 112 Å². The summed E-state index contributed by atoms with van der Waals surface area (Å²) in [4.78, 5) is 11.9. The van der Waals surface area contributed by atoms with Gasteiger partial charge in [0.05, 0.1) is 5.56 Å². The molecular weight excluding hydrogens is 244 g/mol. The number of carbonyl (C=O) groups excluding carboxylic acids is 1. The molecule has 1 atom stereocenters. The Kier molecular flexibility index (Phi) is 4.04. The number of carbonyl (C=O) groups is 1. The second-order valence-electron chi connectivity index (χ2n) is 4.89. The summed E-state index contributed by atoms with van der Waals surface area (Å²) in [5.41, 5.74) is 3.57. The molecule has 0 radical (unpaired) electrons. The van der Waals surface area contributed by atoms with Gasteiger partial charge >= 0.3 is 0 Å². The fourth-order valence-corrected chi connectivity index (χ4v) is 2.23. The van der Waals surface area contributed by atoms with E-state index in [1.54, 1.807) is 0 Å². The predicted octanol–water partition coefficient (Wildman–Crippen LogP) is 2.39. The normalized spacial score (nSPS) is 21.3. The number of aromatic hydroxyl groups is 2. The number of nitrogens with one attached hydrogen (secondary N) is 1. The van der Waals surface area contributed by atoms with E-state index in [4.69, 9.17) is 5.11 Å². The highest BCUT2D eigenvalue weighted by atomic mass is 16.3. The summed E-state index contributed by atoms with van der Waals surface area (Å²) in [6, 6.07) is 3.85. The zero-order valence-electron chi connectivity index (χ0n) is 10.9. The number of hydrogen-bond donors (Lipinski definition) is 3. The molecule has 5 nitrogen and oxygen atoms in total. The van der Waals surface area contributed by atoms with Gasteiger partial charge in [-0.2, -0.15) is 5.10 Å². The highest BCUT2D eigenvalue weighted by Gasteiger charge is 2.17. The number of phenolic OH excluding ortho intramolecular Hbond substituents is 2. The van der Waals surface area contributed by atoms with Crippen LogP contribution in [0.5, 0.6) is 11.5 Å². The molecule has 2 rings (SSSR count). The standard InChI is InChI=1S/C14H18N2O3/c1-9-4-2-3-5-12(9)15-16-14(19)11-7-6-10(17)8-13(11)18/h6-9,17-18H,2-5H2,1H3,(H,16,19)/b15-12+/t9-/m0/s1. The molecule has 0 bridgehead atoms. The molecule has 102 valence electrons. The highest BCUT2D eigenvalue weighted by molar-refractivity contribution is 5.98. The van der Waals surface area contributed by atoms with Crippen LogP contribution in [0.1, 0.15) is 43.0 Å². The van der Waals surface area contributed by atoms with Crippen LogP contribution in [0.4, 0.5) is 0 Å². The fraction of sp³-hybridized carbons (Fsp3) is 0.429. The molecule has 19 heavy (non-hydrogen) atoms. The first-order chi connectivity index (χ1) is 9.08. The maximum absolute atomic E-state index is 11.9. The molecular formula is C14H18N2O3. The second kappa shape index (κ2) is 5.73. The fourth-order valence-electron chi connectivity index (χ4n) is 2.23. The van der Waals surface area contributed by atoms with Gasteiger partial charge in [0, 0.05) is 11.8 Å². The predicted molar refractivity (Wildman–Crippen MR) is 72.3 cm³/mol. The quantitative estimate of drug-likeness (QED) is 0.716. The van der Waals surface area contributed by atoms with E-state index in [0.29, 0.717) is 5.92 Å². The van der Waals surface area contributed by atoms with E-state index in [2.05, 4.69) is 17.5 Å². The van der Waals surface area contributed by atoms with Crippen LogP contribution in [0.25, 0.3) is 0 Å². The van der Waals surface area contributed by atoms with Gasteiger partial charge in [0.2, 0.25) is 0 Å². The van der Waals surface area contributed by atoms with Crippen molar-refractivity contribution < 1.29 is 15.0 Å². The van der Waals surface area contributed by atoms with Crippen LogP contribution in [-0.4, -0.2) is 21.8 Å². The molecule has 5 heteroatoms. The number of amides is 1. The molecule has 0 aliphatic heterocycles. The van der Waals surface area contributed by atoms with Gasteiger partial charge in [0.15, 0.2) is 0 Å². The summed E-state index contributed by atoms with van der Waals surface area (Å²) in [7, 11) is 0. The second-order valence-corrected chi connectivity index (χ2v) is 4.89. The van der Waals surface area contributed by atoms with Crippen molar-refractivity contribution in [1.29, 1.82) is 0 Å². The Morgan fingerprint density at radius 1 is 1.37 bits per heavy atom. The molecule has 1 saturated carbocycles. The first kappa shape index (κ1) is 13.4. The smallest absolute Gasteiger partial charge is 0.275 e. The van der Waals surface area contributed by atoms with Crippen LogP contribution < -0.4 is 5.43 Å². The van der Waals surface area contributed by atoms with Crippen LogP contribution >= 0.6 is 0 Å². The van der Waals surface area contributed by atoms with Gasteiger partial charge in [-0.15, -0.1) is 0 Å². The molecule has 0 heterocycles. The largest absolute Gasteiger partial charge is 0.508 e. The zero-order chi connectivity index (χ0) is 13.8. The van der Waals surface area contributed by atoms with E-state index in [-0.39, 0.29) is 17.1 Å². The van der Waals surface area contributed by atoms with Crippen molar-refractivity contribution in [2.24, 2.45) is 11.0 Å². The monoisotopic (exact) mass is 262 g/mol. The van der Waals surface area contributed by atoms with Gasteiger partial charge in [0.1, 0.15) is 11.5 Å². The summed E-state index contributed by atoms with van der Waals surface area (Å²) in [6.07, 6.45) is 4.30. The highest BCUT2D eigenvalue weighted by Crippen LogP contribution is 2.23. The molecule has 0 aromatic heterocycles. The average Bonchev–Trinajstić information content (AvgIpc) is 2.37. The molecule has 1 aromatic rings. The maximum Gasteiger partial charge on any atom is 0.275 e. The Morgan fingerprint density at radius 2 is 2.16 bits per heavy atom. The summed E-state index contributed by atoms with van der Waals surface area (Å²) >= 11 is 0. The van der Waals surface area contributed by atoms with E-state index >= 15 is 0 Å². The van der Waals surface area contributed by atoms with Crippen LogP contribution in [0.3, 0.4) is 0 Å². The topological polar surface area (TPSA) is 81.9 Å². The van der Waals surface area contributed by atoms with E-state index in [1.165, 1.54) is 18.6 Å². The minimum Gasteiger partial charge on any atom is -0.508 e. The van der Waals surface area contributed by atoms with Gasteiger partial charge in [-0.1, -0.05) is 13.3 Å². The van der Waals surface area contributed by atoms with E-state index in [1.807, 2.05) is 0 Å². The molecule has 1 aliphatic carbocycles. The van der Waals surface area contributed by atoms with Crippen molar-refractivity contribution in [2.45, 2.75) is 32.6 Å². The van der Waals surface area contributed by atoms with Crippen molar-refractivity contribution in [1.82, 2.24) is 5.43 Å². The first-order valence-electron chi connectivity index (χ1n) is 6.46. The van der Waals surface area contributed by atoms with Gasteiger partial charge in [-0.25, -0.2) is 5.43 Å². The Bertz CT molecular complexity index is 511. The number of benzene rings is 1. The van der Waals surface area contributed by atoms with Crippen LogP contribution in [0, 0.1) is 5.92 Å². The number of rotatable bonds is 2. The molecule has 1 fully saturated rings. The van der Waals surface area contributed by atoms with Crippen molar-refractivity contribution >= 4 is 11.6 Å². The lowest BCUT2D eigenvalue weighted by Crippen LogP contribution is -2.24. The van der Waals surface area contributed by atoms with Gasteiger partial charge in [0.25, 0.3) is 5.91 Å². The van der Waals surface area contributed by atoms with Crippen molar-refractivity contribution in [2.75, 3.05) is 0 Å². The van der Waals surface area contributed by atoms with Crippen molar-refractivity contribution in [3.05, 3.63) is 23.8 Å². The minimum atomic E-state index is -0.470. The third-order valence-electron chi connectivity index (χ3n) is 3.42. The Morgan fingerprint density at radius 3 is 2.84 bits per heavy atom. The molecule has 0 unspecified atom stereocenters. The lowest BCUT2D eigenvalue weighted by Gasteiger charge is -2.19. The molecule has 0 saturated heterocycles. The lowest BCUT2D eigenvalue weighted by atomic mass is 9.89. The average molecular weight is 262 g/mol. The van der Waals surface area contributed by atoms with Crippen LogP contribution in [0.15, 0.2) is 23.3 Å². The van der Waals surface area contributed by atoms with Gasteiger partial charge in [-0.05, 0) is 37.3 Å². The number of nitrogens with zero attached hydrogens (tertiary/aromatic N) is 1. The Hall–Kier alpha value is -2.04. The van der Waals surface area contributed by atoms with E-state index in [9.17, 15) is 9.90 Å². The third-order valence-corrected chi connectivity index (χ3v) is 3.42. The number of hydrazone groups is 1. The summed E-state index contributed by atoms with van der Waals surface area (Å²) in [5.74, 6) is -0.416. The van der Waals surface area contributed by atoms with E-state index < -0.39 is 5.91 Å². The Balaban J connectivity index is 2.06. The van der Waals surface area contributed by atoms with Crippen molar-refractivity contribution in [3.63, 3.8) is 0 Å². The van der Waals surface area contributed by atoms with Crippen LogP contribution in [-0.2, 0) is 0 Å².